The van der Waals surface area contributed by atoms with Crippen molar-refractivity contribution in [3.63, 3.8) is 0 Å². The summed E-state index contributed by atoms with van der Waals surface area (Å²) in [7, 11) is 0. The average Bonchev–Trinajstić information content (AvgIpc) is 2.47. The standard InChI is InChI=1S/C7H10N4.W/c1-3-5-9-11-6-8-10-7(11)4-2;/h3-4H2,1-2H3;/q-2;+2. The second-order valence-corrected chi connectivity index (χ2v) is 1.99. The van der Waals surface area contributed by atoms with Crippen LogP contribution in [-0.2, 0) is 27.5 Å². The number of hydrogen-bond acceptors (Lipinski definition) is 3. The summed E-state index contributed by atoms with van der Waals surface area (Å²) >= 11 is 0. The Morgan fingerprint density at radius 2 is 2.33 bits per heavy atom. The Labute approximate surface area is 86.3 Å². The van der Waals surface area contributed by atoms with Gasteiger partial charge in [0, 0.05) is 0 Å². The minimum Gasteiger partial charge on any atom is -0.426 e. The van der Waals surface area contributed by atoms with E-state index >= 15 is 0 Å². The van der Waals surface area contributed by atoms with Crippen LogP contribution in [0.5, 0.6) is 0 Å². The molecule has 0 amide bonds. The number of nitrogens with zero attached hydrogens (tertiary/aromatic N) is 4. The molecule has 0 spiro atoms. The summed E-state index contributed by atoms with van der Waals surface area (Å²) < 4.78 is 1.52. The Morgan fingerprint density at radius 1 is 1.58 bits per heavy atom. The van der Waals surface area contributed by atoms with Crippen LogP contribution in [0.4, 0.5) is 0 Å². The van der Waals surface area contributed by atoms with Crippen LogP contribution in [-0.4, -0.2) is 21.1 Å². The molecule has 0 N–H and O–H groups in total. The van der Waals surface area contributed by atoms with Gasteiger partial charge in [0.15, 0.2) is 0 Å². The summed E-state index contributed by atoms with van der Waals surface area (Å²) in [5, 5.41) is 11.4. The molecular weight excluding hydrogens is 324 g/mol. The molecular formula is C7H10N4W. The maximum Gasteiger partial charge on any atom is 2.00 e. The van der Waals surface area contributed by atoms with Crippen molar-refractivity contribution in [2.24, 2.45) is 5.10 Å². The zero-order chi connectivity index (χ0) is 8.10. The van der Waals surface area contributed by atoms with Gasteiger partial charge in [0.1, 0.15) is 0 Å². The van der Waals surface area contributed by atoms with Crippen LogP contribution in [0.2, 0.25) is 0 Å². The van der Waals surface area contributed by atoms with Crippen molar-refractivity contribution in [1.82, 2.24) is 14.9 Å². The van der Waals surface area contributed by atoms with Crippen molar-refractivity contribution < 1.29 is 21.1 Å². The molecule has 12 heavy (non-hydrogen) atoms. The molecule has 1 rings (SSSR count). The smallest absolute Gasteiger partial charge is 0.426 e. The van der Waals surface area contributed by atoms with E-state index in [1.165, 1.54) is 4.68 Å². The molecule has 0 aromatic carbocycles. The summed E-state index contributed by atoms with van der Waals surface area (Å²) in [5.74, 6) is 0.811. The first-order chi connectivity index (χ1) is 5.38. The van der Waals surface area contributed by atoms with Gasteiger partial charge in [-0.1, -0.05) is 20.3 Å². The van der Waals surface area contributed by atoms with Crippen molar-refractivity contribution in [1.29, 1.82) is 0 Å². The maximum absolute atomic E-state index is 3.94. The Morgan fingerprint density at radius 3 is 2.92 bits per heavy atom. The van der Waals surface area contributed by atoms with E-state index in [1.807, 2.05) is 13.8 Å². The van der Waals surface area contributed by atoms with Crippen molar-refractivity contribution in [2.45, 2.75) is 26.7 Å². The van der Waals surface area contributed by atoms with Crippen LogP contribution in [0.15, 0.2) is 5.10 Å². The van der Waals surface area contributed by atoms with Gasteiger partial charge in [-0.3, -0.25) is 10.2 Å². The van der Waals surface area contributed by atoms with Crippen LogP contribution in [0, 0.1) is 6.33 Å². The molecule has 0 atom stereocenters. The number of aryl methyl sites for hydroxylation is 1. The first-order valence-electron chi connectivity index (χ1n) is 3.64. The third kappa shape index (κ3) is 2.86. The SMILES string of the molecule is CC[C-]=Nn1[c-]nnc1CC.[W+2]. The second kappa shape index (κ2) is 6.06. The van der Waals surface area contributed by atoms with Gasteiger partial charge in [-0.05, 0) is 12.2 Å². The van der Waals surface area contributed by atoms with Gasteiger partial charge in [-0.15, -0.1) is 0 Å². The molecule has 0 bridgehead atoms. The second-order valence-electron chi connectivity index (χ2n) is 1.99. The topological polar surface area (TPSA) is 43.1 Å². The van der Waals surface area contributed by atoms with E-state index in [2.05, 4.69) is 27.8 Å². The van der Waals surface area contributed by atoms with Crippen molar-refractivity contribution in [3.8, 4) is 0 Å². The van der Waals surface area contributed by atoms with E-state index in [1.54, 1.807) is 0 Å². The summed E-state index contributed by atoms with van der Waals surface area (Å²) in [6.07, 6.45) is 7.02. The summed E-state index contributed by atoms with van der Waals surface area (Å²) in [4.78, 5) is 0. The molecule has 0 aliphatic carbocycles. The molecule has 64 valence electrons. The van der Waals surface area contributed by atoms with Gasteiger partial charge < -0.3 is 16.0 Å². The van der Waals surface area contributed by atoms with Gasteiger partial charge in [0.25, 0.3) is 0 Å². The Balaban J connectivity index is 0.00000121. The minimum absolute atomic E-state index is 0. The first kappa shape index (κ1) is 11.5. The normalized spacial score (nSPS) is 10.2. The number of rotatable bonds is 3. The van der Waals surface area contributed by atoms with Crippen molar-refractivity contribution in [2.75, 3.05) is 0 Å². The van der Waals surface area contributed by atoms with Crippen LogP contribution in [0.25, 0.3) is 0 Å². The predicted octanol–water partition coefficient (Wildman–Crippen LogP) is 0.759. The average molecular weight is 334 g/mol. The quantitative estimate of drug-likeness (QED) is 0.605. The van der Waals surface area contributed by atoms with E-state index in [9.17, 15) is 0 Å². The molecule has 0 aliphatic heterocycles. The third-order valence-electron chi connectivity index (χ3n) is 1.19. The molecule has 0 saturated heterocycles. The van der Waals surface area contributed by atoms with Crippen LogP contribution >= 0.6 is 0 Å². The Hall–Kier alpha value is -0.502. The molecule has 5 heteroatoms. The van der Waals surface area contributed by atoms with Gasteiger partial charge in [-0.25, -0.2) is 0 Å². The fourth-order valence-corrected chi connectivity index (χ4v) is 0.664. The van der Waals surface area contributed by atoms with Crippen LogP contribution < -0.4 is 0 Å². The molecule has 0 saturated carbocycles. The minimum atomic E-state index is 0. The van der Waals surface area contributed by atoms with Gasteiger partial charge in [0.2, 0.25) is 0 Å². The van der Waals surface area contributed by atoms with Crippen molar-refractivity contribution in [3.05, 3.63) is 12.2 Å². The fraction of sp³-hybridized carbons (Fsp3) is 0.571. The molecule has 0 aliphatic rings. The molecule has 0 fully saturated rings. The van der Waals surface area contributed by atoms with E-state index < -0.39 is 0 Å². The summed E-state index contributed by atoms with van der Waals surface area (Å²) in [6.45, 7) is 3.97. The largest absolute Gasteiger partial charge is 2.00 e. The predicted molar refractivity (Wildman–Crippen MR) is 41.4 cm³/mol. The van der Waals surface area contributed by atoms with Gasteiger partial charge in [-0.2, -0.15) is 6.42 Å². The summed E-state index contributed by atoms with van der Waals surface area (Å²) in [6, 6.07) is 0. The summed E-state index contributed by atoms with van der Waals surface area (Å²) in [5.41, 5.74) is 0. The molecule has 1 aromatic heterocycles. The van der Waals surface area contributed by atoms with Crippen LogP contribution in [0.1, 0.15) is 26.1 Å². The Kier molecular flexibility index (Phi) is 5.81. The molecule has 4 nitrogen and oxygen atoms in total. The fourth-order valence-electron chi connectivity index (χ4n) is 0.664. The number of hydrogen-bond donors (Lipinski definition) is 0. The maximum atomic E-state index is 3.94. The molecule has 1 aromatic rings. The molecule has 1 heterocycles. The van der Waals surface area contributed by atoms with Gasteiger partial charge in [0.05, 0.1) is 0 Å². The van der Waals surface area contributed by atoms with Crippen LogP contribution in [0.3, 0.4) is 0 Å². The molecule has 0 unspecified atom stereocenters. The number of aromatic nitrogens is 3. The Bertz CT molecular complexity index is 243. The van der Waals surface area contributed by atoms with Gasteiger partial charge >= 0.3 is 21.1 Å². The van der Waals surface area contributed by atoms with E-state index in [4.69, 9.17) is 0 Å². The van der Waals surface area contributed by atoms with E-state index in [0.717, 1.165) is 18.7 Å². The van der Waals surface area contributed by atoms with E-state index in [0.29, 0.717) is 0 Å². The third-order valence-corrected chi connectivity index (χ3v) is 1.19. The molecule has 0 radical (unpaired) electrons. The van der Waals surface area contributed by atoms with Crippen molar-refractivity contribution >= 4 is 6.21 Å². The zero-order valence-electron chi connectivity index (χ0n) is 7.11. The van der Waals surface area contributed by atoms with E-state index in [-0.39, 0.29) is 21.1 Å². The first-order valence-corrected chi connectivity index (χ1v) is 3.64. The zero-order valence-corrected chi connectivity index (χ0v) is 10.0. The monoisotopic (exact) mass is 334 g/mol.